The molecule has 0 saturated carbocycles. The lowest BCUT2D eigenvalue weighted by Gasteiger charge is -2.17. The highest BCUT2D eigenvalue weighted by atomic mass is 16.3. The van der Waals surface area contributed by atoms with Crippen LogP contribution in [0.5, 0.6) is 0 Å². The van der Waals surface area contributed by atoms with Gasteiger partial charge in [-0.2, -0.15) is 5.10 Å². The maximum Gasteiger partial charge on any atom is 0.0787 e. The van der Waals surface area contributed by atoms with Gasteiger partial charge in [-0.25, -0.2) is 0 Å². The van der Waals surface area contributed by atoms with E-state index < -0.39 is 5.60 Å². The molecule has 2 rings (SSSR count). The molecule has 3 N–H and O–H groups in total. The van der Waals surface area contributed by atoms with Gasteiger partial charge in [0.2, 0.25) is 0 Å². The summed E-state index contributed by atoms with van der Waals surface area (Å²) in [5, 5.41) is 15.0. The van der Waals surface area contributed by atoms with Crippen molar-refractivity contribution in [3.05, 3.63) is 24.4 Å². The van der Waals surface area contributed by atoms with Crippen molar-refractivity contribution in [1.82, 2.24) is 9.78 Å². The van der Waals surface area contributed by atoms with Crippen LogP contribution in [-0.4, -0.2) is 20.5 Å². The number of hydrogen-bond acceptors (Lipinski definition) is 3. The lowest BCUT2D eigenvalue weighted by Crippen LogP contribution is -2.26. The van der Waals surface area contributed by atoms with E-state index in [4.69, 9.17) is 5.73 Å². The minimum atomic E-state index is -0.774. The number of fused-ring (bicyclic) bond motifs is 1. The zero-order valence-electron chi connectivity index (χ0n) is 8.94. The quantitative estimate of drug-likeness (QED) is 0.728. The molecule has 1 heterocycles. The van der Waals surface area contributed by atoms with Gasteiger partial charge < -0.3 is 10.8 Å². The van der Waals surface area contributed by atoms with Crippen LogP contribution in [0.3, 0.4) is 0 Å². The Labute approximate surface area is 88.3 Å². The van der Waals surface area contributed by atoms with Crippen LogP contribution in [0.25, 0.3) is 10.9 Å². The molecule has 0 unspecified atom stereocenters. The van der Waals surface area contributed by atoms with Crippen LogP contribution < -0.4 is 5.73 Å². The lowest BCUT2D eigenvalue weighted by molar-refractivity contribution is 0.0591. The lowest BCUT2D eigenvalue weighted by atomic mass is 10.1. The first-order valence-corrected chi connectivity index (χ1v) is 4.89. The largest absolute Gasteiger partial charge is 0.399 e. The van der Waals surface area contributed by atoms with Crippen molar-refractivity contribution < 1.29 is 5.11 Å². The molecular formula is C11H15N3O. The molecule has 1 aromatic heterocycles. The van der Waals surface area contributed by atoms with Gasteiger partial charge in [-0.15, -0.1) is 0 Å². The van der Waals surface area contributed by atoms with Gasteiger partial charge in [0.15, 0.2) is 0 Å². The summed E-state index contributed by atoms with van der Waals surface area (Å²) in [6.07, 6.45) is 1.78. The second-order valence-corrected chi connectivity index (χ2v) is 4.43. The number of anilines is 1. The van der Waals surface area contributed by atoms with Gasteiger partial charge in [-0.3, -0.25) is 4.68 Å². The molecular weight excluding hydrogens is 190 g/mol. The first-order valence-electron chi connectivity index (χ1n) is 4.89. The molecule has 0 spiro atoms. The zero-order chi connectivity index (χ0) is 11.1. The molecule has 1 aromatic carbocycles. The highest BCUT2D eigenvalue weighted by Crippen LogP contribution is 2.18. The van der Waals surface area contributed by atoms with E-state index in [1.807, 2.05) is 18.2 Å². The third-order valence-electron chi connectivity index (χ3n) is 2.21. The van der Waals surface area contributed by atoms with Gasteiger partial charge in [-0.05, 0) is 32.0 Å². The average molecular weight is 205 g/mol. The van der Waals surface area contributed by atoms with E-state index in [2.05, 4.69) is 5.10 Å². The van der Waals surface area contributed by atoms with Crippen molar-refractivity contribution in [1.29, 1.82) is 0 Å². The second kappa shape index (κ2) is 3.24. The molecule has 0 aliphatic carbocycles. The smallest absolute Gasteiger partial charge is 0.0787 e. The number of aliphatic hydroxyl groups is 1. The summed E-state index contributed by atoms with van der Waals surface area (Å²) in [4.78, 5) is 0. The fraction of sp³-hybridized carbons (Fsp3) is 0.364. The molecule has 0 amide bonds. The third-order valence-corrected chi connectivity index (χ3v) is 2.21. The summed E-state index contributed by atoms with van der Waals surface area (Å²) >= 11 is 0. The van der Waals surface area contributed by atoms with E-state index >= 15 is 0 Å². The van der Waals surface area contributed by atoms with E-state index in [0.29, 0.717) is 12.2 Å². The first kappa shape index (κ1) is 9.98. The maximum absolute atomic E-state index is 9.73. The van der Waals surface area contributed by atoms with Gasteiger partial charge >= 0.3 is 0 Å². The van der Waals surface area contributed by atoms with Gasteiger partial charge in [-0.1, -0.05) is 0 Å². The van der Waals surface area contributed by atoms with Gasteiger partial charge in [0.05, 0.1) is 23.9 Å². The normalized spacial score (nSPS) is 12.2. The number of nitrogen functional groups attached to an aromatic ring is 1. The minimum absolute atomic E-state index is 0.458. The highest BCUT2D eigenvalue weighted by molar-refractivity contribution is 5.81. The fourth-order valence-corrected chi connectivity index (χ4v) is 1.58. The fourth-order valence-electron chi connectivity index (χ4n) is 1.58. The summed E-state index contributed by atoms with van der Waals surface area (Å²) in [5.41, 5.74) is 6.60. The molecule has 4 heteroatoms. The molecule has 4 nitrogen and oxygen atoms in total. The van der Waals surface area contributed by atoms with Gasteiger partial charge in [0.1, 0.15) is 0 Å². The molecule has 0 aliphatic rings. The summed E-state index contributed by atoms with van der Waals surface area (Å²) < 4.78 is 1.77. The van der Waals surface area contributed by atoms with Crippen LogP contribution in [-0.2, 0) is 6.54 Å². The van der Waals surface area contributed by atoms with E-state index in [0.717, 1.165) is 10.9 Å². The Bertz CT molecular complexity index is 482. The molecule has 0 saturated heterocycles. The average Bonchev–Trinajstić information content (AvgIpc) is 2.46. The molecule has 2 aromatic rings. The summed E-state index contributed by atoms with van der Waals surface area (Å²) in [6.45, 7) is 3.97. The summed E-state index contributed by atoms with van der Waals surface area (Å²) in [7, 11) is 0. The number of nitrogens with zero attached hydrogens (tertiary/aromatic N) is 2. The molecule has 0 fully saturated rings. The summed E-state index contributed by atoms with van der Waals surface area (Å²) in [5.74, 6) is 0. The van der Waals surface area contributed by atoms with E-state index in [9.17, 15) is 5.11 Å². The number of rotatable bonds is 2. The predicted octanol–water partition coefficient (Wildman–Crippen LogP) is 1.39. The SMILES string of the molecule is CC(C)(O)Cn1ncc2ccc(N)cc21. The number of aromatic nitrogens is 2. The van der Waals surface area contributed by atoms with Crippen molar-refractivity contribution in [2.75, 3.05) is 5.73 Å². The Balaban J connectivity index is 2.48. The van der Waals surface area contributed by atoms with Crippen molar-refractivity contribution >= 4 is 16.6 Å². The van der Waals surface area contributed by atoms with Crippen LogP contribution in [0.15, 0.2) is 24.4 Å². The van der Waals surface area contributed by atoms with Crippen molar-refractivity contribution in [2.45, 2.75) is 26.0 Å². The predicted molar refractivity (Wildman–Crippen MR) is 60.4 cm³/mol. The molecule has 0 atom stereocenters. The molecule has 15 heavy (non-hydrogen) atoms. The van der Waals surface area contributed by atoms with E-state index in [1.54, 1.807) is 24.7 Å². The van der Waals surface area contributed by atoms with Crippen LogP contribution in [0, 0.1) is 0 Å². The monoisotopic (exact) mass is 205 g/mol. The van der Waals surface area contributed by atoms with Crippen LogP contribution in [0.1, 0.15) is 13.8 Å². The van der Waals surface area contributed by atoms with E-state index in [-0.39, 0.29) is 0 Å². The Morgan fingerprint density at radius 3 is 2.87 bits per heavy atom. The van der Waals surface area contributed by atoms with Crippen LogP contribution in [0.4, 0.5) is 5.69 Å². The first-order chi connectivity index (χ1) is 6.96. The Morgan fingerprint density at radius 1 is 1.47 bits per heavy atom. The maximum atomic E-state index is 9.73. The molecule has 0 aliphatic heterocycles. The molecule has 0 radical (unpaired) electrons. The van der Waals surface area contributed by atoms with Crippen molar-refractivity contribution in [2.24, 2.45) is 0 Å². The Hall–Kier alpha value is -1.55. The van der Waals surface area contributed by atoms with E-state index in [1.165, 1.54) is 0 Å². The number of nitrogens with two attached hydrogens (primary N) is 1. The standard InChI is InChI=1S/C11H15N3O/c1-11(2,15)7-14-10-5-9(12)4-3-8(10)6-13-14/h3-6,15H,7,12H2,1-2H3. The Morgan fingerprint density at radius 2 is 2.20 bits per heavy atom. The number of benzene rings is 1. The van der Waals surface area contributed by atoms with Gasteiger partial charge in [0, 0.05) is 11.1 Å². The minimum Gasteiger partial charge on any atom is -0.399 e. The molecule has 0 bridgehead atoms. The van der Waals surface area contributed by atoms with Crippen LogP contribution >= 0.6 is 0 Å². The molecule has 80 valence electrons. The topological polar surface area (TPSA) is 64.1 Å². The van der Waals surface area contributed by atoms with Crippen molar-refractivity contribution in [3.8, 4) is 0 Å². The third kappa shape index (κ3) is 2.10. The second-order valence-electron chi connectivity index (χ2n) is 4.43. The highest BCUT2D eigenvalue weighted by Gasteiger charge is 2.15. The van der Waals surface area contributed by atoms with Crippen LogP contribution in [0.2, 0.25) is 0 Å². The zero-order valence-corrected chi connectivity index (χ0v) is 8.94. The van der Waals surface area contributed by atoms with Crippen molar-refractivity contribution in [3.63, 3.8) is 0 Å². The van der Waals surface area contributed by atoms with Gasteiger partial charge in [0.25, 0.3) is 0 Å². The summed E-state index contributed by atoms with van der Waals surface area (Å²) in [6, 6.07) is 5.64. The Kier molecular flexibility index (Phi) is 2.16. The number of hydrogen-bond donors (Lipinski definition) is 2.